The molecule has 0 radical (unpaired) electrons. The minimum atomic E-state index is -0.269. The molecule has 0 saturated heterocycles. The van der Waals surface area contributed by atoms with Gasteiger partial charge in [-0.25, -0.2) is 4.98 Å². The number of fused-ring (bicyclic) bond motifs is 1. The molecule has 0 atom stereocenters. The fourth-order valence-corrected chi connectivity index (χ4v) is 2.41. The second kappa shape index (κ2) is 6.80. The monoisotopic (exact) mass is 317 g/mol. The number of benzene rings is 2. The maximum Gasteiger partial charge on any atom is 0.259 e. The van der Waals surface area contributed by atoms with Gasteiger partial charge in [-0.3, -0.25) is 4.79 Å². The number of H-pyrrole nitrogens is 1. The SMILES string of the molecule is CCOc1ccccc1C=C(C#N)c1nc2ccccc2c(=O)[nH]1. The molecule has 1 heterocycles. The molecule has 3 aromatic rings. The van der Waals surface area contributed by atoms with Crippen molar-refractivity contribution in [2.24, 2.45) is 0 Å². The van der Waals surface area contributed by atoms with Crippen molar-refractivity contribution < 1.29 is 4.74 Å². The number of nitrogens with one attached hydrogen (secondary N) is 1. The molecule has 1 aromatic heterocycles. The van der Waals surface area contributed by atoms with Crippen LogP contribution in [0.2, 0.25) is 0 Å². The quantitative estimate of drug-likeness (QED) is 0.748. The molecular formula is C19H15N3O2. The number of nitriles is 1. The van der Waals surface area contributed by atoms with E-state index in [0.29, 0.717) is 23.3 Å². The molecule has 0 aliphatic heterocycles. The molecule has 0 spiro atoms. The molecule has 3 rings (SSSR count). The van der Waals surface area contributed by atoms with Crippen LogP contribution >= 0.6 is 0 Å². The van der Waals surface area contributed by atoms with Crippen molar-refractivity contribution in [1.29, 1.82) is 5.26 Å². The summed E-state index contributed by atoms with van der Waals surface area (Å²) in [4.78, 5) is 19.3. The highest BCUT2D eigenvalue weighted by Crippen LogP contribution is 2.23. The van der Waals surface area contributed by atoms with E-state index >= 15 is 0 Å². The van der Waals surface area contributed by atoms with Crippen molar-refractivity contribution in [1.82, 2.24) is 9.97 Å². The molecule has 0 unspecified atom stereocenters. The largest absolute Gasteiger partial charge is 0.493 e. The van der Waals surface area contributed by atoms with Gasteiger partial charge in [0.2, 0.25) is 0 Å². The first-order chi connectivity index (χ1) is 11.7. The third kappa shape index (κ3) is 3.03. The molecule has 5 heteroatoms. The second-order valence-corrected chi connectivity index (χ2v) is 5.07. The average molecular weight is 317 g/mol. The number of rotatable bonds is 4. The lowest BCUT2D eigenvalue weighted by Gasteiger charge is -2.07. The van der Waals surface area contributed by atoms with Gasteiger partial charge in [0.05, 0.1) is 23.1 Å². The van der Waals surface area contributed by atoms with Crippen LogP contribution in [0.1, 0.15) is 18.3 Å². The molecular weight excluding hydrogens is 302 g/mol. The Labute approximate surface area is 138 Å². The first-order valence-corrected chi connectivity index (χ1v) is 7.56. The number of nitrogens with zero attached hydrogens (tertiary/aromatic N) is 2. The summed E-state index contributed by atoms with van der Waals surface area (Å²) in [7, 11) is 0. The second-order valence-electron chi connectivity index (χ2n) is 5.07. The fraction of sp³-hybridized carbons (Fsp3) is 0.105. The van der Waals surface area contributed by atoms with Crippen LogP contribution in [0.15, 0.2) is 53.3 Å². The van der Waals surface area contributed by atoms with Crippen LogP contribution in [0, 0.1) is 11.3 Å². The predicted octanol–water partition coefficient (Wildman–Crippen LogP) is 3.39. The van der Waals surface area contributed by atoms with Crippen LogP contribution in [-0.2, 0) is 0 Å². The average Bonchev–Trinajstić information content (AvgIpc) is 2.61. The van der Waals surface area contributed by atoms with Crippen LogP contribution in [0.4, 0.5) is 0 Å². The molecule has 5 nitrogen and oxygen atoms in total. The third-order valence-electron chi connectivity index (χ3n) is 3.51. The smallest absolute Gasteiger partial charge is 0.259 e. The number of hydrogen-bond acceptors (Lipinski definition) is 4. The minimum Gasteiger partial charge on any atom is -0.493 e. The van der Waals surface area contributed by atoms with Crippen LogP contribution in [-0.4, -0.2) is 16.6 Å². The number of allylic oxidation sites excluding steroid dienone is 1. The van der Waals surface area contributed by atoms with Crippen LogP contribution < -0.4 is 10.3 Å². The van der Waals surface area contributed by atoms with Crippen molar-refractivity contribution in [3.05, 3.63) is 70.3 Å². The molecule has 118 valence electrons. The summed E-state index contributed by atoms with van der Waals surface area (Å²) in [6.07, 6.45) is 1.66. The van der Waals surface area contributed by atoms with Crippen LogP contribution in [0.3, 0.4) is 0 Å². The summed E-state index contributed by atoms with van der Waals surface area (Å²) in [6.45, 7) is 2.42. The Hall–Kier alpha value is -3.39. The van der Waals surface area contributed by atoms with Gasteiger partial charge in [-0.15, -0.1) is 0 Å². The molecule has 2 aromatic carbocycles. The summed E-state index contributed by atoms with van der Waals surface area (Å²) in [5, 5.41) is 10.00. The van der Waals surface area contributed by atoms with E-state index < -0.39 is 0 Å². The Morgan fingerprint density at radius 1 is 1.25 bits per heavy atom. The van der Waals surface area contributed by atoms with Crippen LogP contribution in [0.25, 0.3) is 22.6 Å². The first kappa shape index (κ1) is 15.5. The van der Waals surface area contributed by atoms with E-state index in [1.807, 2.05) is 31.2 Å². The molecule has 0 amide bonds. The Balaban J connectivity index is 2.13. The summed E-state index contributed by atoms with van der Waals surface area (Å²) < 4.78 is 5.57. The highest BCUT2D eigenvalue weighted by Gasteiger charge is 2.09. The Kier molecular flexibility index (Phi) is 4.39. The van der Waals surface area contributed by atoms with Crippen molar-refractivity contribution in [2.75, 3.05) is 6.61 Å². The number of aromatic amines is 1. The van der Waals surface area contributed by atoms with Gasteiger partial charge in [-0.1, -0.05) is 30.3 Å². The zero-order chi connectivity index (χ0) is 16.9. The predicted molar refractivity (Wildman–Crippen MR) is 93.5 cm³/mol. The molecule has 0 fully saturated rings. The highest BCUT2D eigenvalue weighted by molar-refractivity contribution is 5.90. The lowest BCUT2D eigenvalue weighted by molar-refractivity contribution is 0.339. The van der Waals surface area contributed by atoms with Crippen molar-refractivity contribution >= 4 is 22.6 Å². The molecule has 0 aliphatic carbocycles. The van der Waals surface area contributed by atoms with Gasteiger partial charge in [0, 0.05) is 5.56 Å². The van der Waals surface area contributed by atoms with Gasteiger partial charge in [0.15, 0.2) is 5.82 Å². The van der Waals surface area contributed by atoms with Gasteiger partial charge in [-0.2, -0.15) is 5.26 Å². The summed E-state index contributed by atoms with van der Waals surface area (Å²) in [5.41, 5.74) is 1.31. The van der Waals surface area contributed by atoms with Gasteiger partial charge >= 0.3 is 0 Å². The van der Waals surface area contributed by atoms with E-state index in [2.05, 4.69) is 16.0 Å². The molecule has 1 N–H and O–H groups in total. The van der Waals surface area contributed by atoms with E-state index in [1.54, 1.807) is 30.3 Å². The molecule has 0 aliphatic rings. The van der Waals surface area contributed by atoms with Crippen molar-refractivity contribution in [3.8, 4) is 11.8 Å². The normalized spacial score (nSPS) is 11.2. The number of ether oxygens (including phenoxy) is 1. The Morgan fingerprint density at radius 3 is 2.79 bits per heavy atom. The summed E-state index contributed by atoms with van der Waals surface area (Å²) >= 11 is 0. The van der Waals surface area contributed by atoms with E-state index in [9.17, 15) is 10.1 Å². The van der Waals surface area contributed by atoms with Gasteiger partial charge < -0.3 is 9.72 Å². The van der Waals surface area contributed by atoms with Crippen LogP contribution in [0.5, 0.6) is 5.75 Å². The fourth-order valence-electron chi connectivity index (χ4n) is 2.41. The molecule has 24 heavy (non-hydrogen) atoms. The zero-order valence-electron chi connectivity index (χ0n) is 13.1. The maximum absolute atomic E-state index is 12.2. The first-order valence-electron chi connectivity index (χ1n) is 7.56. The van der Waals surface area contributed by atoms with Gasteiger partial charge in [0.1, 0.15) is 11.8 Å². The molecule has 0 saturated carbocycles. The lowest BCUT2D eigenvalue weighted by Crippen LogP contribution is -2.11. The lowest BCUT2D eigenvalue weighted by atomic mass is 10.1. The highest BCUT2D eigenvalue weighted by atomic mass is 16.5. The van der Waals surface area contributed by atoms with E-state index in [0.717, 1.165) is 5.56 Å². The van der Waals surface area contributed by atoms with Gasteiger partial charge in [-0.05, 0) is 31.2 Å². The topological polar surface area (TPSA) is 78.8 Å². The number of aromatic nitrogens is 2. The Bertz CT molecular complexity index is 1010. The maximum atomic E-state index is 12.2. The summed E-state index contributed by atoms with van der Waals surface area (Å²) in [5.74, 6) is 0.920. The van der Waals surface area contributed by atoms with Gasteiger partial charge in [0.25, 0.3) is 5.56 Å². The molecule has 0 bridgehead atoms. The van der Waals surface area contributed by atoms with E-state index in [-0.39, 0.29) is 17.0 Å². The van der Waals surface area contributed by atoms with E-state index in [4.69, 9.17) is 4.74 Å². The number of hydrogen-bond donors (Lipinski definition) is 1. The standard InChI is InChI=1S/C19H15N3O2/c1-2-24-17-10-6-3-7-13(17)11-14(12-20)18-21-16-9-5-4-8-15(16)19(23)22-18/h3-11H,2H2,1H3,(H,21,22,23). The third-order valence-corrected chi connectivity index (χ3v) is 3.51. The van der Waals surface area contributed by atoms with E-state index in [1.165, 1.54) is 0 Å². The minimum absolute atomic E-state index is 0.243. The zero-order valence-corrected chi connectivity index (χ0v) is 13.1. The number of para-hydroxylation sites is 2. The summed E-state index contributed by atoms with van der Waals surface area (Å²) in [6, 6.07) is 16.5. The van der Waals surface area contributed by atoms with Crippen molar-refractivity contribution in [3.63, 3.8) is 0 Å². The Morgan fingerprint density at radius 2 is 2.00 bits per heavy atom. The van der Waals surface area contributed by atoms with Crippen molar-refractivity contribution in [2.45, 2.75) is 6.92 Å².